The van der Waals surface area contributed by atoms with Crippen molar-refractivity contribution in [2.24, 2.45) is 0 Å². The third-order valence-corrected chi connectivity index (χ3v) is 3.39. The molecular weight excluding hydrogens is 277 g/mol. The number of para-hydroxylation sites is 1. The Morgan fingerprint density at radius 1 is 1.15 bits per heavy atom. The zero-order valence-electron chi connectivity index (χ0n) is 11.3. The maximum Gasteiger partial charge on any atom is 0.145 e. The van der Waals surface area contributed by atoms with Crippen molar-refractivity contribution in [1.82, 2.24) is 5.32 Å². The summed E-state index contributed by atoms with van der Waals surface area (Å²) in [6, 6.07) is 14.6. The van der Waals surface area contributed by atoms with Crippen LogP contribution in [0.25, 0.3) is 0 Å². The first-order valence-electron chi connectivity index (χ1n) is 6.48. The van der Waals surface area contributed by atoms with E-state index in [1.165, 1.54) is 0 Å². The van der Waals surface area contributed by atoms with E-state index < -0.39 is 0 Å². The Kier molecular flexibility index (Phi) is 5.39. The van der Waals surface area contributed by atoms with E-state index in [0.717, 1.165) is 5.75 Å². The van der Waals surface area contributed by atoms with Crippen LogP contribution in [-0.4, -0.2) is 19.7 Å². The molecule has 106 valence electrons. The molecule has 0 aliphatic rings. The molecule has 1 unspecified atom stereocenters. The van der Waals surface area contributed by atoms with Crippen LogP contribution in [0.2, 0.25) is 5.02 Å². The Labute approximate surface area is 123 Å². The Morgan fingerprint density at radius 2 is 1.90 bits per heavy atom. The molecule has 0 bridgehead atoms. The zero-order chi connectivity index (χ0) is 14.4. The van der Waals surface area contributed by atoms with Gasteiger partial charge in [-0.25, -0.2) is 4.39 Å². The average Bonchev–Trinajstić information content (AvgIpc) is 2.49. The lowest BCUT2D eigenvalue weighted by Crippen LogP contribution is -2.34. The molecule has 2 aromatic rings. The molecule has 0 saturated heterocycles. The maximum absolute atomic E-state index is 13.9. The van der Waals surface area contributed by atoms with Crippen LogP contribution in [-0.2, 0) is 6.42 Å². The molecule has 2 nitrogen and oxygen atoms in total. The van der Waals surface area contributed by atoms with Gasteiger partial charge in [-0.05, 0) is 37.2 Å². The van der Waals surface area contributed by atoms with E-state index in [0.29, 0.717) is 18.6 Å². The molecule has 0 fully saturated rings. The summed E-state index contributed by atoms with van der Waals surface area (Å²) in [5.74, 6) is 0.452. The molecular formula is C16H17ClFNO. The molecule has 0 heterocycles. The second kappa shape index (κ2) is 7.27. The van der Waals surface area contributed by atoms with Crippen molar-refractivity contribution in [2.45, 2.75) is 12.5 Å². The lowest BCUT2D eigenvalue weighted by Gasteiger charge is -2.17. The summed E-state index contributed by atoms with van der Waals surface area (Å²) in [4.78, 5) is 0. The Bertz CT molecular complexity index is 547. The summed E-state index contributed by atoms with van der Waals surface area (Å²) in [5.41, 5.74) is 0.591. The van der Waals surface area contributed by atoms with E-state index in [-0.39, 0.29) is 16.9 Å². The van der Waals surface area contributed by atoms with Gasteiger partial charge in [-0.2, -0.15) is 0 Å². The van der Waals surface area contributed by atoms with Crippen LogP contribution in [0.1, 0.15) is 5.56 Å². The average molecular weight is 294 g/mol. The van der Waals surface area contributed by atoms with Crippen molar-refractivity contribution >= 4 is 11.6 Å². The van der Waals surface area contributed by atoms with Crippen molar-refractivity contribution < 1.29 is 9.13 Å². The van der Waals surface area contributed by atoms with Gasteiger partial charge < -0.3 is 10.1 Å². The fourth-order valence-electron chi connectivity index (χ4n) is 1.93. The van der Waals surface area contributed by atoms with Crippen molar-refractivity contribution in [3.05, 3.63) is 64.9 Å². The highest BCUT2D eigenvalue weighted by Gasteiger charge is 2.13. The fourth-order valence-corrected chi connectivity index (χ4v) is 2.12. The van der Waals surface area contributed by atoms with Crippen LogP contribution >= 0.6 is 11.6 Å². The van der Waals surface area contributed by atoms with Crippen molar-refractivity contribution in [3.63, 3.8) is 0 Å². The van der Waals surface area contributed by atoms with Crippen LogP contribution in [0, 0.1) is 5.82 Å². The third-order valence-electron chi connectivity index (χ3n) is 3.10. The lowest BCUT2D eigenvalue weighted by molar-refractivity contribution is 0.269. The van der Waals surface area contributed by atoms with E-state index in [4.69, 9.17) is 16.3 Å². The van der Waals surface area contributed by atoms with Crippen molar-refractivity contribution in [3.8, 4) is 5.75 Å². The van der Waals surface area contributed by atoms with Crippen molar-refractivity contribution in [2.75, 3.05) is 13.7 Å². The molecule has 0 aliphatic heterocycles. The number of hydrogen-bond acceptors (Lipinski definition) is 2. The van der Waals surface area contributed by atoms with Gasteiger partial charge in [0.1, 0.15) is 18.2 Å². The Hall–Kier alpha value is -1.58. The molecule has 2 rings (SSSR count). The number of rotatable bonds is 6. The number of benzene rings is 2. The van der Waals surface area contributed by atoms with Gasteiger partial charge in [-0.1, -0.05) is 41.9 Å². The highest BCUT2D eigenvalue weighted by atomic mass is 35.5. The number of ether oxygens (including phenoxy) is 1. The molecule has 0 spiro atoms. The topological polar surface area (TPSA) is 21.3 Å². The van der Waals surface area contributed by atoms with Crippen molar-refractivity contribution in [1.29, 1.82) is 0 Å². The highest BCUT2D eigenvalue weighted by molar-refractivity contribution is 6.30. The summed E-state index contributed by atoms with van der Waals surface area (Å²) in [6.07, 6.45) is 0.524. The van der Waals surface area contributed by atoms with Gasteiger partial charge in [0.05, 0.1) is 5.02 Å². The van der Waals surface area contributed by atoms with Gasteiger partial charge in [0.2, 0.25) is 0 Å². The monoisotopic (exact) mass is 293 g/mol. The first-order valence-corrected chi connectivity index (χ1v) is 6.86. The van der Waals surface area contributed by atoms with Crippen LogP contribution in [0.4, 0.5) is 4.39 Å². The predicted octanol–water partition coefficient (Wildman–Crippen LogP) is 3.69. The summed E-state index contributed by atoms with van der Waals surface area (Å²) in [7, 11) is 1.83. The number of halogens is 2. The summed E-state index contributed by atoms with van der Waals surface area (Å²) >= 11 is 5.79. The SMILES string of the molecule is CNC(COc1ccccc1)Cc1cccc(Cl)c1F. The van der Waals surface area contributed by atoms with Crippen LogP contribution in [0.15, 0.2) is 48.5 Å². The molecule has 2 aromatic carbocycles. The molecule has 1 atom stereocenters. The molecule has 0 aliphatic carbocycles. The normalized spacial score (nSPS) is 12.2. The number of likely N-dealkylation sites (N-methyl/N-ethyl adjacent to an activating group) is 1. The van der Waals surface area contributed by atoms with Crippen LogP contribution < -0.4 is 10.1 Å². The Morgan fingerprint density at radius 3 is 2.60 bits per heavy atom. The van der Waals surface area contributed by atoms with E-state index in [1.807, 2.05) is 37.4 Å². The van der Waals surface area contributed by atoms with Crippen LogP contribution in [0.3, 0.4) is 0 Å². The first-order chi connectivity index (χ1) is 9.70. The maximum atomic E-state index is 13.9. The summed E-state index contributed by atoms with van der Waals surface area (Å²) < 4.78 is 19.5. The lowest BCUT2D eigenvalue weighted by atomic mass is 10.1. The third kappa shape index (κ3) is 3.95. The molecule has 1 N–H and O–H groups in total. The second-order valence-electron chi connectivity index (χ2n) is 4.53. The smallest absolute Gasteiger partial charge is 0.145 e. The molecule has 0 saturated carbocycles. The minimum absolute atomic E-state index is 0.0168. The number of hydrogen-bond donors (Lipinski definition) is 1. The fraction of sp³-hybridized carbons (Fsp3) is 0.250. The quantitative estimate of drug-likeness (QED) is 0.877. The van der Waals surface area contributed by atoms with Gasteiger partial charge in [-0.3, -0.25) is 0 Å². The minimum atomic E-state index is -0.353. The zero-order valence-corrected chi connectivity index (χ0v) is 12.0. The highest BCUT2D eigenvalue weighted by Crippen LogP contribution is 2.19. The van der Waals surface area contributed by atoms with Gasteiger partial charge in [0, 0.05) is 6.04 Å². The van der Waals surface area contributed by atoms with E-state index in [2.05, 4.69) is 5.32 Å². The molecule has 0 amide bonds. The Balaban J connectivity index is 1.97. The van der Waals surface area contributed by atoms with Gasteiger partial charge in [0.15, 0.2) is 0 Å². The van der Waals surface area contributed by atoms with Gasteiger partial charge >= 0.3 is 0 Å². The van der Waals surface area contributed by atoms with E-state index in [1.54, 1.807) is 18.2 Å². The molecule has 0 radical (unpaired) electrons. The predicted molar refractivity (Wildman–Crippen MR) is 79.9 cm³/mol. The second-order valence-corrected chi connectivity index (χ2v) is 4.93. The minimum Gasteiger partial charge on any atom is -0.492 e. The van der Waals surface area contributed by atoms with E-state index in [9.17, 15) is 4.39 Å². The molecule has 20 heavy (non-hydrogen) atoms. The van der Waals surface area contributed by atoms with Gasteiger partial charge in [-0.15, -0.1) is 0 Å². The van der Waals surface area contributed by atoms with E-state index >= 15 is 0 Å². The van der Waals surface area contributed by atoms with Gasteiger partial charge in [0.25, 0.3) is 0 Å². The molecule has 4 heteroatoms. The summed E-state index contributed by atoms with van der Waals surface area (Å²) in [5, 5.41) is 3.29. The summed E-state index contributed by atoms with van der Waals surface area (Å²) in [6.45, 7) is 0.465. The standard InChI is InChI=1S/C16H17ClFNO/c1-19-13(11-20-14-7-3-2-4-8-14)10-12-6-5-9-15(17)16(12)18/h2-9,13,19H,10-11H2,1H3. The van der Waals surface area contributed by atoms with Crippen LogP contribution in [0.5, 0.6) is 5.75 Å². The largest absolute Gasteiger partial charge is 0.492 e. The number of nitrogens with one attached hydrogen (secondary N) is 1. The molecule has 0 aromatic heterocycles. The first kappa shape index (κ1) is 14.8.